The first-order valence-corrected chi connectivity index (χ1v) is 6.95. The number of methoxy groups -OCH3 is 1. The van der Waals surface area contributed by atoms with Gasteiger partial charge in [0.05, 0.1) is 13.5 Å². The van der Waals surface area contributed by atoms with E-state index in [2.05, 4.69) is 10.2 Å². The van der Waals surface area contributed by atoms with Gasteiger partial charge in [-0.3, -0.25) is 4.79 Å². The minimum Gasteiger partial charge on any atom is -0.497 e. The van der Waals surface area contributed by atoms with Crippen molar-refractivity contribution >= 4 is 5.97 Å². The number of benzene rings is 2. The molecule has 3 rings (SSSR count). The third-order valence-corrected chi connectivity index (χ3v) is 3.20. The Morgan fingerprint density at radius 2 is 1.74 bits per heavy atom. The molecule has 6 heteroatoms. The molecule has 0 radical (unpaired) electrons. The third-order valence-electron chi connectivity index (χ3n) is 3.20. The number of hydrogen-bond acceptors (Lipinski definition) is 6. The summed E-state index contributed by atoms with van der Waals surface area (Å²) in [5, 5.41) is 7.43. The molecule has 0 saturated carbocycles. The van der Waals surface area contributed by atoms with E-state index in [0.717, 1.165) is 16.9 Å². The van der Waals surface area contributed by atoms with E-state index >= 15 is 0 Å². The molecule has 0 N–H and O–H groups in total. The molecule has 0 atom stereocenters. The first-order valence-electron chi connectivity index (χ1n) is 6.95. The van der Waals surface area contributed by atoms with Crippen molar-refractivity contribution in [1.82, 2.24) is 10.2 Å². The van der Waals surface area contributed by atoms with Gasteiger partial charge in [0.2, 0.25) is 12.3 Å². The summed E-state index contributed by atoms with van der Waals surface area (Å²) in [6.45, 7) is 0. The van der Waals surface area contributed by atoms with E-state index in [9.17, 15) is 4.79 Å². The number of ether oxygens (including phenoxy) is 2. The van der Waals surface area contributed by atoms with Crippen LogP contribution in [-0.2, 0) is 11.2 Å². The van der Waals surface area contributed by atoms with Crippen LogP contribution < -0.4 is 9.47 Å². The zero-order chi connectivity index (χ0) is 16.1. The van der Waals surface area contributed by atoms with Crippen molar-refractivity contribution in [2.45, 2.75) is 6.42 Å². The van der Waals surface area contributed by atoms with E-state index in [1.807, 2.05) is 24.3 Å². The number of carbonyl (C=O) groups is 1. The second kappa shape index (κ2) is 6.74. The van der Waals surface area contributed by atoms with Crippen LogP contribution in [0.4, 0.5) is 0 Å². The highest BCUT2D eigenvalue weighted by Gasteiger charge is 2.08. The lowest BCUT2D eigenvalue weighted by Crippen LogP contribution is -2.11. The van der Waals surface area contributed by atoms with Gasteiger partial charge in [0.25, 0.3) is 0 Å². The molecular formula is C17H14N2O4. The van der Waals surface area contributed by atoms with E-state index < -0.39 is 0 Å². The van der Waals surface area contributed by atoms with E-state index in [1.54, 1.807) is 31.4 Å². The Labute approximate surface area is 132 Å². The summed E-state index contributed by atoms with van der Waals surface area (Å²) in [5.74, 6) is 1.30. The predicted molar refractivity (Wildman–Crippen MR) is 82.1 cm³/mol. The van der Waals surface area contributed by atoms with Crippen molar-refractivity contribution in [2.75, 3.05) is 7.11 Å². The first kappa shape index (κ1) is 14.8. The van der Waals surface area contributed by atoms with Crippen molar-refractivity contribution < 1.29 is 18.7 Å². The Balaban J connectivity index is 1.61. The number of rotatable bonds is 5. The van der Waals surface area contributed by atoms with Crippen LogP contribution in [0, 0.1) is 0 Å². The lowest BCUT2D eigenvalue weighted by atomic mass is 10.1. The van der Waals surface area contributed by atoms with E-state index in [4.69, 9.17) is 13.9 Å². The second-order valence-corrected chi connectivity index (χ2v) is 4.77. The highest BCUT2D eigenvalue weighted by molar-refractivity contribution is 5.75. The highest BCUT2D eigenvalue weighted by Crippen LogP contribution is 2.20. The largest absolute Gasteiger partial charge is 0.497 e. The maximum atomic E-state index is 12.0. The van der Waals surface area contributed by atoms with Crippen LogP contribution in [-0.4, -0.2) is 23.3 Å². The van der Waals surface area contributed by atoms with Crippen LogP contribution in [0.5, 0.6) is 11.5 Å². The predicted octanol–water partition coefficient (Wildman–Crippen LogP) is 2.89. The number of nitrogens with zero attached hydrogens (tertiary/aromatic N) is 2. The molecular weight excluding hydrogens is 296 g/mol. The summed E-state index contributed by atoms with van der Waals surface area (Å²) in [6.07, 6.45) is 1.45. The van der Waals surface area contributed by atoms with E-state index in [0.29, 0.717) is 11.6 Å². The fourth-order valence-corrected chi connectivity index (χ4v) is 2.04. The summed E-state index contributed by atoms with van der Waals surface area (Å²) < 4.78 is 15.5. The van der Waals surface area contributed by atoms with Crippen molar-refractivity contribution in [3.63, 3.8) is 0 Å². The standard InChI is InChI=1S/C17H14N2O4/c1-21-14-6-2-12(3-7-14)10-16(20)23-15-8-4-13(5-9-15)17-19-18-11-22-17/h2-9,11H,10H2,1H3. The van der Waals surface area contributed by atoms with Crippen LogP contribution in [0.2, 0.25) is 0 Å². The SMILES string of the molecule is COc1ccc(CC(=O)Oc2ccc(-c3nnco3)cc2)cc1. The smallest absolute Gasteiger partial charge is 0.315 e. The maximum absolute atomic E-state index is 12.0. The highest BCUT2D eigenvalue weighted by atomic mass is 16.5. The van der Waals surface area contributed by atoms with Gasteiger partial charge < -0.3 is 13.9 Å². The van der Waals surface area contributed by atoms with Crippen molar-refractivity contribution in [3.8, 4) is 23.0 Å². The second-order valence-electron chi connectivity index (χ2n) is 4.77. The zero-order valence-corrected chi connectivity index (χ0v) is 12.4. The van der Waals surface area contributed by atoms with E-state index in [-0.39, 0.29) is 12.4 Å². The minimum absolute atomic E-state index is 0.190. The lowest BCUT2D eigenvalue weighted by Gasteiger charge is -2.05. The van der Waals surface area contributed by atoms with Gasteiger partial charge in [-0.25, -0.2) is 0 Å². The Kier molecular flexibility index (Phi) is 4.33. The van der Waals surface area contributed by atoms with Crippen LogP contribution in [0.3, 0.4) is 0 Å². The van der Waals surface area contributed by atoms with Gasteiger partial charge in [-0.1, -0.05) is 12.1 Å². The number of esters is 1. The summed E-state index contributed by atoms with van der Waals surface area (Å²) in [5.41, 5.74) is 1.62. The molecule has 1 aromatic heterocycles. The molecule has 2 aromatic carbocycles. The molecule has 0 saturated heterocycles. The average molecular weight is 310 g/mol. The van der Waals surface area contributed by atoms with Crippen molar-refractivity contribution in [1.29, 1.82) is 0 Å². The molecule has 0 spiro atoms. The summed E-state index contributed by atoms with van der Waals surface area (Å²) in [4.78, 5) is 12.0. The molecule has 0 bridgehead atoms. The molecule has 0 aliphatic rings. The molecule has 23 heavy (non-hydrogen) atoms. The molecule has 6 nitrogen and oxygen atoms in total. The van der Waals surface area contributed by atoms with Gasteiger partial charge in [0.1, 0.15) is 11.5 Å². The van der Waals surface area contributed by atoms with Gasteiger partial charge >= 0.3 is 5.97 Å². The molecule has 0 unspecified atom stereocenters. The lowest BCUT2D eigenvalue weighted by molar-refractivity contribution is -0.133. The molecule has 0 aliphatic carbocycles. The Bertz CT molecular complexity index is 765. The van der Waals surface area contributed by atoms with Gasteiger partial charge in [-0.15, -0.1) is 10.2 Å². The van der Waals surface area contributed by atoms with E-state index in [1.165, 1.54) is 6.39 Å². The van der Waals surface area contributed by atoms with Gasteiger partial charge in [0.15, 0.2) is 0 Å². The normalized spacial score (nSPS) is 10.3. The molecule has 3 aromatic rings. The van der Waals surface area contributed by atoms with Gasteiger partial charge in [-0.2, -0.15) is 0 Å². The quantitative estimate of drug-likeness (QED) is 0.533. The number of hydrogen-bond donors (Lipinski definition) is 0. The topological polar surface area (TPSA) is 74.5 Å². The monoisotopic (exact) mass is 310 g/mol. The number of aromatic nitrogens is 2. The van der Waals surface area contributed by atoms with Gasteiger partial charge in [-0.05, 0) is 42.0 Å². The molecule has 116 valence electrons. The van der Waals surface area contributed by atoms with Crippen LogP contribution in [0.25, 0.3) is 11.5 Å². The van der Waals surface area contributed by atoms with Crippen molar-refractivity contribution in [2.24, 2.45) is 0 Å². The molecule has 0 amide bonds. The Morgan fingerprint density at radius 1 is 1.04 bits per heavy atom. The maximum Gasteiger partial charge on any atom is 0.315 e. The average Bonchev–Trinajstić information content (AvgIpc) is 3.11. The number of carbonyl (C=O) groups excluding carboxylic acids is 1. The Morgan fingerprint density at radius 3 is 2.35 bits per heavy atom. The van der Waals surface area contributed by atoms with Crippen molar-refractivity contribution in [3.05, 3.63) is 60.5 Å². The summed E-state index contributed by atoms with van der Waals surface area (Å²) in [7, 11) is 1.60. The first-order chi connectivity index (χ1) is 11.2. The summed E-state index contributed by atoms with van der Waals surface area (Å²) >= 11 is 0. The molecule has 0 aliphatic heterocycles. The molecule has 1 heterocycles. The van der Waals surface area contributed by atoms with Crippen LogP contribution in [0.1, 0.15) is 5.56 Å². The zero-order valence-electron chi connectivity index (χ0n) is 12.4. The minimum atomic E-state index is -0.333. The van der Waals surface area contributed by atoms with Crippen LogP contribution >= 0.6 is 0 Å². The molecule has 0 fully saturated rings. The van der Waals surface area contributed by atoms with Crippen LogP contribution in [0.15, 0.2) is 59.3 Å². The third kappa shape index (κ3) is 3.74. The Hall–Kier alpha value is -3.15. The fraction of sp³-hybridized carbons (Fsp3) is 0.118. The fourth-order valence-electron chi connectivity index (χ4n) is 2.04. The van der Waals surface area contributed by atoms with Gasteiger partial charge in [0, 0.05) is 5.56 Å². The summed E-state index contributed by atoms with van der Waals surface area (Å²) in [6, 6.07) is 14.2.